The summed E-state index contributed by atoms with van der Waals surface area (Å²) in [6.45, 7) is 4.37. The number of aliphatic hydroxyl groups excluding tert-OH is 1. The van der Waals surface area contributed by atoms with Crippen molar-refractivity contribution in [2.45, 2.75) is 38.8 Å². The highest BCUT2D eigenvalue weighted by molar-refractivity contribution is 4.91. The lowest BCUT2D eigenvalue weighted by Crippen LogP contribution is -2.16. The number of aromatic nitrogens is 3. The molecule has 1 saturated carbocycles. The van der Waals surface area contributed by atoms with Crippen molar-refractivity contribution in [2.24, 2.45) is 5.92 Å². The zero-order valence-corrected chi connectivity index (χ0v) is 11.4. The van der Waals surface area contributed by atoms with Crippen LogP contribution >= 0.6 is 0 Å². The number of ether oxygens (including phenoxy) is 1. The van der Waals surface area contributed by atoms with Crippen LogP contribution < -0.4 is 5.32 Å². The topological polar surface area (TPSA) is 72.2 Å². The van der Waals surface area contributed by atoms with E-state index in [0.717, 1.165) is 50.9 Å². The first-order valence-electron chi connectivity index (χ1n) is 7.17. The molecule has 0 aromatic carbocycles. The van der Waals surface area contributed by atoms with Gasteiger partial charge in [-0.1, -0.05) is 5.21 Å². The average Bonchev–Trinajstić information content (AvgIpc) is 3.14. The maximum absolute atomic E-state index is 8.73. The van der Waals surface area contributed by atoms with Gasteiger partial charge in [0.1, 0.15) is 0 Å². The van der Waals surface area contributed by atoms with Gasteiger partial charge >= 0.3 is 0 Å². The van der Waals surface area contributed by atoms with Crippen LogP contribution in [-0.4, -0.2) is 46.5 Å². The van der Waals surface area contributed by atoms with Crippen LogP contribution in [0, 0.1) is 5.92 Å². The minimum Gasteiger partial charge on any atom is -0.396 e. The molecule has 0 aliphatic heterocycles. The second-order valence-electron chi connectivity index (χ2n) is 5.10. The van der Waals surface area contributed by atoms with Crippen molar-refractivity contribution in [3.63, 3.8) is 0 Å². The first kappa shape index (κ1) is 14.4. The molecule has 2 N–H and O–H groups in total. The summed E-state index contributed by atoms with van der Waals surface area (Å²) in [6.07, 6.45) is 6.38. The van der Waals surface area contributed by atoms with Crippen molar-refractivity contribution in [1.82, 2.24) is 20.3 Å². The van der Waals surface area contributed by atoms with E-state index in [0.29, 0.717) is 6.42 Å². The predicted octanol–water partition coefficient (Wildman–Crippen LogP) is 0.567. The van der Waals surface area contributed by atoms with Crippen molar-refractivity contribution in [1.29, 1.82) is 0 Å². The molecule has 1 aliphatic rings. The van der Waals surface area contributed by atoms with E-state index in [2.05, 4.69) is 15.6 Å². The minimum atomic E-state index is 0.189. The third-order valence-electron chi connectivity index (χ3n) is 3.13. The molecule has 2 rings (SSSR count). The van der Waals surface area contributed by atoms with Gasteiger partial charge in [-0.2, -0.15) is 0 Å². The van der Waals surface area contributed by atoms with Gasteiger partial charge in [0, 0.05) is 39.1 Å². The molecule has 19 heavy (non-hydrogen) atoms. The Kier molecular flexibility index (Phi) is 6.26. The molecule has 0 spiro atoms. The molecule has 0 unspecified atom stereocenters. The molecular weight excluding hydrogens is 244 g/mol. The van der Waals surface area contributed by atoms with Crippen LogP contribution in [-0.2, 0) is 17.8 Å². The molecule has 1 aromatic rings. The van der Waals surface area contributed by atoms with Crippen molar-refractivity contribution in [2.75, 3.05) is 26.4 Å². The SMILES string of the molecule is OCCCn1cc(CNCCCOCC2CC2)nn1. The first-order valence-corrected chi connectivity index (χ1v) is 7.17. The summed E-state index contributed by atoms with van der Waals surface area (Å²) >= 11 is 0. The van der Waals surface area contributed by atoms with Crippen molar-refractivity contribution in [3.8, 4) is 0 Å². The fraction of sp³-hybridized carbons (Fsp3) is 0.846. The lowest BCUT2D eigenvalue weighted by atomic mass is 10.4. The van der Waals surface area contributed by atoms with Crippen molar-refractivity contribution in [3.05, 3.63) is 11.9 Å². The van der Waals surface area contributed by atoms with Gasteiger partial charge in [-0.3, -0.25) is 4.68 Å². The predicted molar refractivity (Wildman–Crippen MR) is 71.6 cm³/mol. The van der Waals surface area contributed by atoms with E-state index in [9.17, 15) is 0 Å². The summed E-state index contributed by atoms with van der Waals surface area (Å²) in [5, 5.41) is 20.1. The summed E-state index contributed by atoms with van der Waals surface area (Å²) in [6, 6.07) is 0. The Bertz CT molecular complexity index is 352. The molecule has 0 saturated heterocycles. The molecule has 108 valence electrons. The van der Waals surface area contributed by atoms with E-state index < -0.39 is 0 Å². The summed E-state index contributed by atoms with van der Waals surface area (Å²) in [4.78, 5) is 0. The monoisotopic (exact) mass is 268 g/mol. The molecule has 1 aliphatic carbocycles. The molecule has 1 fully saturated rings. The molecule has 0 atom stereocenters. The molecule has 1 aromatic heterocycles. The molecular formula is C13H24N4O2. The first-order chi connectivity index (χ1) is 9.38. The zero-order valence-electron chi connectivity index (χ0n) is 11.4. The number of rotatable bonds is 11. The third kappa shape index (κ3) is 6.13. The van der Waals surface area contributed by atoms with E-state index in [-0.39, 0.29) is 6.61 Å². The minimum absolute atomic E-state index is 0.189. The van der Waals surface area contributed by atoms with Crippen LogP contribution in [0.15, 0.2) is 6.20 Å². The third-order valence-corrected chi connectivity index (χ3v) is 3.13. The van der Waals surface area contributed by atoms with Gasteiger partial charge < -0.3 is 15.2 Å². The van der Waals surface area contributed by atoms with Crippen molar-refractivity contribution < 1.29 is 9.84 Å². The highest BCUT2D eigenvalue weighted by atomic mass is 16.5. The largest absolute Gasteiger partial charge is 0.396 e. The number of nitrogens with one attached hydrogen (secondary N) is 1. The summed E-state index contributed by atoms with van der Waals surface area (Å²) in [5.41, 5.74) is 0.942. The van der Waals surface area contributed by atoms with E-state index in [1.54, 1.807) is 4.68 Å². The highest BCUT2D eigenvalue weighted by Crippen LogP contribution is 2.28. The highest BCUT2D eigenvalue weighted by Gasteiger charge is 2.20. The number of hydrogen-bond donors (Lipinski definition) is 2. The zero-order chi connectivity index (χ0) is 13.3. The van der Waals surface area contributed by atoms with Crippen LogP contribution in [0.3, 0.4) is 0 Å². The Morgan fingerprint density at radius 1 is 1.42 bits per heavy atom. The summed E-state index contributed by atoms with van der Waals surface area (Å²) in [7, 11) is 0. The average molecular weight is 268 g/mol. The van der Waals surface area contributed by atoms with Crippen LogP contribution in [0.5, 0.6) is 0 Å². The van der Waals surface area contributed by atoms with E-state index in [4.69, 9.17) is 9.84 Å². The second kappa shape index (κ2) is 8.24. The maximum Gasteiger partial charge on any atom is 0.0964 e. The molecule has 0 amide bonds. The fourth-order valence-electron chi connectivity index (χ4n) is 1.81. The van der Waals surface area contributed by atoms with E-state index >= 15 is 0 Å². The van der Waals surface area contributed by atoms with Crippen LogP contribution in [0.25, 0.3) is 0 Å². The number of aliphatic hydroxyl groups is 1. The number of aryl methyl sites for hydroxylation is 1. The Labute approximate surface area is 114 Å². The molecule has 0 bridgehead atoms. The fourth-order valence-corrected chi connectivity index (χ4v) is 1.81. The summed E-state index contributed by atoms with van der Waals surface area (Å²) in [5.74, 6) is 0.849. The Morgan fingerprint density at radius 2 is 2.32 bits per heavy atom. The van der Waals surface area contributed by atoms with Crippen LogP contribution in [0.2, 0.25) is 0 Å². The lowest BCUT2D eigenvalue weighted by molar-refractivity contribution is 0.122. The molecule has 6 nitrogen and oxygen atoms in total. The maximum atomic E-state index is 8.73. The standard InChI is InChI=1S/C13H24N4O2/c18-7-2-6-17-10-13(15-16-17)9-14-5-1-8-19-11-12-3-4-12/h10,12,14,18H,1-9,11H2. The van der Waals surface area contributed by atoms with Gasteiger partial charge in [0.05, 0.1) is 5.69 Å². The number of hydrogen-bond acceptors (Lipinski definition) is 5. The lowest BCUT2D eigenvalue weighted by Gasteiger charge is -2.03. The van der Waals surface area contributed by atoms with Gasteiger partial charge in [0.25, 0.3) is 0 Å². The van der Waals surface area contributed by atoms with Crippen LogP contribution in [0.1, 0.15) is 31.4 Å². The Hall–Kier alpha value is -0.980. The molecule has 0 radical (unpaired) electrons. The van der Waals surface area contributed by atoms with Gasteiger partial charge in [-0.25, -0.2) is 0 Å². The smallest absolute Gasteiger partial charge is 0.0964 e. The van der Waals surface area contributed by atoms with Crippen molar-refractivity contribution >= 4 is 0 Å². The molecule has 6 heteroatoms. The quantitative estimate of drug-likeness (QED) is 0.574. The van der Waals surface area contributed by atoms with E-state index in [1.165, 1.54) is 12.8 Å². The van der Waals surface area contributed by atoms with Gasteiger partial charge in [0.2, 0.25) is 0 Å². The van der Waals surface area contributed by atoms with E-state index in [1.807, 2.05) is 6.20 Å². The van der Waals surface area contributed by atoms with Gasteiger partial charge in [0.15, 0.2) is 0 Å². The molecule has 1 heterocycles. The van der Waals surface area contributed by atoms with Gasteiger partial charge in [-0.05, 0) is 38.1 Å². The van der Waals surface area contributed by atoms with Crippen LogP contribution in [0.4, 0.5) is 0 Å². The Morgan fingerprint density at radius 3 is 3.11 bits per heavy atom. The number of nitrogens with zero attached hydrogens (tertiary/aromatic N) is 3. The Balaban J connectivity index is 1.46. The van der Waals surface area contributed by atoms with Gasteiger partial charge in [-0.15, -0.1) is 5.10 Å². The normalized spacial score (nSPS) is 15.0. The summed E-state index contributed by atoms with van der Waals surface area (Å²) < 4.78 is 7.33. The second-order valence-corrected chi connectivity index (χ2v) is 5.10.